The molecule has 6 nitrogen and oxygen atoms in total. The molecule has 2 aromatic rings. The van der Waals surface area contributed by atoms with Crippen molar-refractivity contribution in [2.45, 2.75) is 40.2 Å². The van der Waals surface area contributed by atoms with Gasteiger partial charge in [0.1, 0.15) is 0 Å². The highest BCUT2D eigenvalue weighted by atomic mass is 32.1. The van der Waals surface area contributed by atoms with Crippen molar-refractivity contribution in [3.05, 3.63) is 28.5 Å². The molecule has 22 heavy (non-hydrogen) atoms. The number of amides is 2. The van der Waals surface area contributed by atoms with Gasteiger partial charge in [-0.3, -0.25) is 4.68 Å². The van der Waals surface area contributed by atoms with E-state index < -0.39 is 0 Å². The van der Waals surface area contributed by atoms with Gasteiger partial charge in [-0.15, -0.1) is 11.3 Å². The maximum atomic E-state index is 11.9. The van der Waals surface area contributed by atoms with E-state index >= 15 is 0 Å². The fraction of sp³-hybridized carbons (Fsp3) is 0.533. The lowest BCUT2D eigenvalue weighted by Gasteiger charge is -2.10. The zero-order valence-electron chi connectivity index (χ0n) is 13.5. The summed E-state index contributed by atoms with van der Waals surface area (Å²) in [5.41, 5.74) is 1.73. The molecule has 0 aromatic carbocycles. The van der Waals surface area contributed by atoms with E-state index in [0.717, 1.165) is 17.2 Å². The van der Waals surface area contributed by atoms with E-state index in [1.165, 1.54) is 0 Å². The van der Waals surface area contributed by atoms with Gasteiger partial charge in [-0.05, 0) is 12.8 Å². The molecule has 2 aromatic heterocycles. The number of aryl methyl sites for hydroxylation is 1. The molecule has 0 bridgehead atoms. The average molecular weight is 321 g/mol. The van der Waals surface area contributed by atoms with E-state index in [4.69, 9.17) is 0 Å². The first-order chi connectivity index (χ1) is 10.4. The number of thiazole rings is 1. The van der Waals surface area contributed by atoms with Crippen LogP contribution in [0.25, 0.3) is 0 Å². The highest BCUT2D eigenvalue weighted by Gasteiger charge is 2.11. The summed E-state index contributed by atoms with van der Waals surface area (Å²) in [6.07, 6.45) is 3.50. The largest absolute Gasteiger partial charge is 0.337 e. The van der Waals surface area contributed by atoms with Crippen molar-refractivity contribution in [3.8, 4) is 0 Å². The fourth-order valence-electron chi connectivity index (χ4n) is 2.01. The standard InChI is InChI=1S/C15H23N5OS/c1-10(2)7-20-8-13(6-17-20)19-15(21)16-5-11(3)14-18-12(4)9-22-14/h6,8-11H,5,7H2,1-4H3,(H2,16,19,21)/t11-/m1/s1. The minimum atomic E-state index is -0.218. The molecular weight excluding hydrogens is 298 g/mol. The number of carbonyl (C=O) groups is 1. The minimum absolute atomic E-state index is 0.202. The molecular formula is C15H23N5OS. The number of nitrogens with one attached hydrogen (secondary N) is 2. The fourth-order valence-corrected chi connectivity index (χ4v) is 2.87. The van der Waals surface area contributed by atoms with Gasteiger partial charge in [-0.2, -0.15) is 5.10 Å². The number of carbonyl (C=O) groups excluding carboxylic acids is 1. The monoisotopic (exact) mass is 321 g/mol. The van der Waals surface area contributed by atoms with Crippen LogP contribution in [0, 0.1) is 12.8 Å². The maximum Gasteiger partial charge on any atom is 0.319 e. The Morgan fingerprint density at radius 3 is 2.82 bits per heavy atom. The van der Waals surface area contributed by atoms with Crippen LogP contribution in [0.5, 0.6) is 0 Å². The Kier molecular flexibility index (Phi) is 5.54. The van der Waals surface area contributed by atoms with Gasteiger partial charge in [0.05, 0.1) is 16.9 Å². The molecule has 2 rings (SSSR count). The van der Waals surface area contributed by atoms with Gasteiger partial charge >= 0.3 is 6.03 Å². The lowest BCUT2D eigenvalue weighted by molar-refractivity contribution is 0.251. The average Bonchev–Trinajstić information content (AvgIpc) is 3.05. The number of aromatic nitrogens is 3. The second-order valence-corrected chi connectivity index (χ2v) is 6.80. The second kappa shape index (κ2) is 7.40. The molecule has 0 fully saturated rings. The summed E-state index contributed by atoms with van der Waals surface area (Å²) < 4.78 is 1.83. The Balaban J connectivity index is 1.79. The normalized spacial score (nSPS) is 12.4. The molecule has 0 saturated carbocycles. The SMILES string of the molecule is Cc1csc([C@H](C)CNC(=O)Nc2cnn(CC(C)C)c2)n1. The Morgan fingerprint density at radius 2 is 2.18 bits per heavy atom. The lowest BCUT2D eigenvalue weighted by Crippen LogP contribution is -2.31. The predicted molar refractivity (Wildman–Crippen MR) is 89.4 cm³/mol. The summed E-state index contributed by atoms with van der Waals surface area (Å²) in [7, 11) is 0. The Labute approximate surface area is 135 Å². The number of nitrogens with zero attached hydrogens (tertiary/aromatic N) is 3. The first-order valence-corrected chi connectivity index (χ1v) is 8.31. The smallest absolute Gasteiger partial charge is 0.319 e. The van der Waals surface area contributed by atoms with Crippen molar-refractivity contribution in [2.24, 2.45) is 5.92 Å². The molecule has 0 aliphatic heterocycles. The third-order valence-corrected chi connectivity index (χ3v) is 4.26. The summed E-state index contributed by atoms with van der Waals surface area (Å²) in [5, 5.41) is 13.0. The van der Waals surface area contributed by atoms with Crippen molar-refractivity contribution < 1.29 is 4.79 Å². The molecule has 0 aliphatic rings. The highest BCUT2D eigenvalue weighted by molar-refractivity contribution is 7.09. The topological polar surface area (TPSA) is 71.8 Å². The van der Waals surface area contributed by atoms with Crippen LogP contribution in [-0.4, -0.2) is 27.3 Å². The third kappa shape index (κ3) is 4.84. The Bertz CT molecular complexity index is 619. The quantitative estimate of drug-likeness (QED) is 0.858. The van der Waals surface area contributed by atoms with E-state index in [9.17, 15) is 4.79 Å². The van der Waals surface area contributed by atoms with Gasteiger partial charge < -0.3 is 10.6 Å². The Morgan fingerprint density at radius 1 is 1.41 bits per heavy atom. The highest BCUT2D eigenvalue weighted by Crippen LogP contribution is 2.18. The van der Waals surface area contributed by atoms with E-state index in [1.807, 2.05) is 23.2 Å². The van der Waals surface area contributed by atoms with Gasteiger partial charge in [0.15, 0.2) is 0 Å². The van der Waals surface area contributed by atoms with Crippen molar-refractivity contribution in [3.63, 3.8) is 0 Å². The van der Waals surface area contributed by atoms with Crippen LogP contribution in [-0.2, 0) is 6.54 Å². The van der Waals surface area contributed by atoms with Crippen LogP contribution in [0.3, 0.4) is 0 Å². The lowest BCUT2D eigenvalue weighted by atomic mass is 10.2. The molecule has 2 heterocycles. The van der Waals surface area contributed by atoms with E-state index in [1.54, 1.807) is 17.5 Å². The van der Waals surface area contributed by atoms with Crippen LogP contribution in [0.1, 0.15) is 37.4 Å². The molecule has 2 N–H and O–H groups in total. The summed E-state index contributed by atoms with van der Waals surface area (Å²) in [6, 6.07) is -0.218. The van der Waals surface area contributed by atoms with E-state index in [0.29, 0.717) is 18.2 Å². The summed E-state index contributed by atoms with van der Waals surface area (Å²) >= 11 is 1.63. The number of anilines is 1. The zero-order valence-corrected chi connectivity index (χ0v) is 14.3. The molecule has 0 spiro atoms. The number of rotatable bonds is 6. The summed E-state index contributed by atoms with van der Waals surface area (Å²) in [5.74, 6) is 0.720. The van der Waals surface area contributed by atoms with Crippen molar-refractivity contribution in [1.29, 1.82) is 0 Å². The molecule has 0 radical (unpaired) electrons. The third-order valence-electron chi connectivity index (χ3n) is 3.07. The summed E-state index contributed by atoms with van der Waals surface area (Å²) in [4.78, 5) is 16.3. The number of hydrogen-bond acceptors (Lipinski definition) is 4. The van der Waals surface area contributed by atoms with Crippen LogP contribution in [0.4, 0.5) is 10.5 Å². The number of hydrogen-bond donors (Lipinski definition) is 2. The van der Waals surface area contributed by atoms with Crippen LogP contribution in [0.15, 0.2) is 17.8 Å². The van der Waals surface area contributed by atoms with Crippen molar-refractivity contribution >= 4 is 23.1 Å². The van der Waals surface area contributed by atoms with Crippen LogP contribution < -0.4 is 10.6 Å². The molecule has 7 heteroatoms. The summed E-state index contributed by atoms with van der Waals surface area (Å²) in [6.45, 7) is 9.68. The van der Waals surface area contributed by atoms with E-state index in [2.05, 4.69) is 41.5 Å². The molecule has 0 aliphatic carbocycles. The molecule has 0 unspecified atom stereocenters. The van der Waals surface area contributed by atoms with Gasteiger partial charge in [-0.1, -0.05) is 20.8 Å². The van der Waals surface area contributed by atoms with E-state index in [-0.39, 0.29) is 11.9 Å². The first kappa shape index (κ1) is 16.5. The van der Waals surface area contributed by atoms with Gasteiger partial charge in [0.25, 0.3) is 0 Å². The predicted octanol–water partition coefficient (Wildman–Crippen LogP) is 3.23. The molecule has 1 atom stereocenters. The Hall–Kier alpha value is -1.89. The van der Waals surface area contributed by atoms with Crippen LogP contribution >= 0.6 is 11.3 Å². The zero-order chi connectivity index (χ0) is 16.1. The van der Waals surface area contributed by atoms with Gasteiger partial charge in [0, 0.05) is 36.3 Å². The molecule has 120 valence electrons. The van der Waals surface area contributed by atoms with Crippen LogP contribution in [0.2, 0.25) is 0 Å². The van der Waals surface area contributed by atoms with Gasteiger partial charge in [0.2, 0.25) is 0 Å². The maximum absolute atomic E-state index is 11.9. The first-order valence-electron chi connectivity index (χ1n) is 7.43. The molecule has 2 amide bonds. The second-order valence-electron chi connectivity index (χ2n) is 5.91. The van der Waals surface area contributed by atoms with Gasteiger partial charge in [-0.25, -0.2) is 9.78 Å². The minimum Gasteiger partial charge on any atom is -0.337 e. The van der Waals surface area contributed by atoms with Crippen molar-refractivity contribution in [1.82, 2.24) is 20.1 Å². The van der Waals surface area contributed by atoms with Crippen molar-refractivity contribution in [2.75, 3.05) is 11.9 Å². The molecule has 0 saturated heterocycles. The number of urea groups is 1.